The molecule has 1 aromatic heterocycles. The van der Waals surface area contributed by atoms with Gasteiger partial charge in [-0.05, 0) is 25.5 Å². The van der Waals surface area contributed by atoms with Gasteiger partial charge in [0.1, 0.15) is 6.04 Å². The summed E-state index contributed by atoms with van der Waals surface area (Å²) in [5.74, 6) is -0.903. The lowest BCUT2D eigenvalue weighted by molar-refractivity contribution is -0.138. The predicted octanol–water partition coefficient (Wildman–Crippen LogP) is 3.92. The number of halogens is 2. The molecule has 9 nitrogen and oxygen atoms in total. The van der Waals surface area contributed by atoms with E-state index < -0.39 is 18.0 Å². The fourth-order valence-corrected chi connectivity index (χ4v) is 5.59. The first-order valence-corrected chi connectivity index (χ1v) is 13.0. The Morgan fingerprint density at radius 3 is 2.83 bits per heavy atom. The van der Waals surface area contributed by atoms with Crippen LogP contribution in [0.5, 0.6) is 0 Å². The number of carboxylic acids is 1. The van der Waals surface area contributed by atoms with Crippen LogP contribution in [0.4, 0.5) is 0 Å². The minimum atomic E-state index is -0.867. The first-order chi connectivity index (χ1) is 17.3. The number of nitrogens with one attached hydrogen (secondary N) is 1. The first kappa shape index (κ1) is 26.6. The van der Waals surface area contributed by atoms with Crippen LogP contribution in [0.25, 0.3) is 0 Å². The van der Waals surface area contributed by atoms with Crippen molar-refractivity contribution in [3.05, 3.63) is 61.7 Å². The number of carbonyl (C=O) groups excluding carboxylic acids is 1. The molecule has 0 bridgehead atoms. The Balaban J connectivity index is 1.78. The van der Waals surface area contributed by atoms with Crippen LogP contribution < -0.4 is 5.32 Å². The standard InChI is InChI=1S/C24H26Cl2N4O5S/c1-13-18(5-6-19(31)32)30(8-9-35-13)12-17-20(24(33)34-2)21(15-4-3-14(25)11-16(15)26)29-22(28-17)23-27-7-10-36-23/h3-4,7,10-11,13,18,21H,5-6,8-9,12H2,1-2H3,(H,28,29)(H,31,32)/t13-,18-,21?/m0/s1. The summed E-state index contributed by atoms with van der Waals surface area (Å²) < 4.78 is 11.0. The number of amidine groups is 1. The van der Waals surface area contributed by atoms with Crippen LogP contribution in [0.15, 0.2) is 46.0 Å². The highest BCUT2D eigenvalue weighted by Crippen LogP contribution is 2.38. The molecule has 2 aliphatic rings. The lowest BCUT2D eigenvalue weighted by Crippen LogP contribution is -2.52. The molecule has 0 amide bonds. The molecule has 1 fully saturated rings. The van der Waals surface area contributed by atoms with Gasteiger partial charge in [0.25, 0.3) is 0 Å². The first-order valence-electron chi connectivity index (χ1n) is 11.4. The summed E-state index contributed by atoms with van der Waals surface area (Å²) in [7, 11) is 1.32. The number of carbonyl (C=O) groups is 2. The predicted molar refractivity (Wildman–Crippen MR) is 138 cm³/mol. The van der Waals surface area contributed by atoms with Crippen molar-refractivity contribution in [2.75, 3.05) is 26.8 Å². The van der Waals surface area contributed by atoms with Crippen LogP contribution in [-0.4, -0.2) is 71.7 Å². The van der Waals surface area contributed by atoms with Crippen molar-refractivity contribution in [2.24, 2.45) is 4.99 Å². The maximum atomic E-state index is 13.1. The summed E-state index contributed by atoms with van der Waals surface area (Å²) in [6, 6.07) is 4.15. The van der Waals surface area contributed by atoms with E-state index in [1.54, 1.807) is 24.4 Å². The lowest BCUT2D eigenvalue weighted by atomic mass is 9.94. The number of thiazole rings is 1. The van der Waals surface area contributed by atoms with E-state index in [2.05, 4.69) is 15.2 Å². The zero-order chi connectivity index (χ0) is 25.8. The fraction of sp³-hybridized carbons (Fsp3) is 0.417. The van der Waals surface area contributed by atoms with Gasteiger partial charge in [0, 0.05) is 58.4 Å². The van der Waals surface area contributed by atoms with E-state index in [9.17, 15) is 14.7 Å². The van der Waals surface area contributed by atoms with E-state index in [1.165, 1.54) is 18.4 Å². The van der Waals surface area contributed by atoms with Gasteiger partial charge in [-0.25, -0.2) is 9.78 Å². The molecule has 3 atom stereocenters. The van der Waals surface area contributed by atoms with Gasteiger partial charge in [0.15, 0.2) is 10.8 Å². The van der Waals surface area contributed by atoms with E-state index in [0.29, 0.717) is 63.8 Å². The monoisotopic (exact) mass is 552 g/mol. The lowest BCUT2D eigenvalue weighted by Gasteiger charge is -2.41. The van der Waals surface area contributed by atoms with Crippen LogP contribution in [0, 0.1) is 0 Å². The molecular formula is C24H26Cl2N4O5S. The van der Waals surface area contributed by atoms with Crippen LogP contribution in [0.2, 0.25) is 10.0 Å². The highest BCUT2D eigenvalue weighted by Gasteiger charge is 2.37. The summed E-state index contributed by atoms with van der Waals surface area (Å²) in [6.07, 6.45) is 1.94. The maximum absolute atomic E-state index is 13.1. The summed E-state index contributed by atoms with van der Waals surface area (Å²) in [5.41, 5.74) is 1.51. The van der Waals surface area contributed by atoms with Crippen molar-refractivity contribution >= 4 is 52.3 Å². The quantitative estimate of drug-likeness (QED) is 0.473. The Hall–Kier alpha value is -2.50. The molecule has 0 aliphatic carbocycles. The Labute approximate surface area is 222 Å². The Morgan fingerprint density at radius 1 is 1.36 bits per heavy atom. The third kappa shape index (κ3) is 5.90. The van der Waals surface area contributed by atoms with E-state index >= 15 is 0 Å². The molecule has 4 rings (SSSR count). The van der Waals surface area contributed by atoms with Gasteiger partial charge in [-0.15, -0.1) is 11.3 Å². The van der Waals surface area contributed by atoms with E-state index in [1.807, 2.05) is 12.3 Å². The summed E-state index contributed by atoms with van der Waals surface area (Å²) in [4.78, 5) is 35.7. The van der Waals surface area contributed by atoms with Gasteiger partial charge < -0.3 is 19.9 Å². The summed E-state index contributed by atoms with van der Waals surface area (Å²) >= 11 is 14.1. The molecule has 2 aromatic rings. The number of morpholine rings is 1. The Kier molecular flexibility index (Phi) is 8.63. The van der Waals surface area contributed by atoms with Crippen LogP contribution in [0.3, 0.4) is 0 Å². The van der Waals surface area contributed by atoms with Crippen LogP contribution >= 0.6 is 34.5 Å². The highest BCUT2D eigenvalue weighted by molar-refractivity contribution is 7.11. The molecule has 1 saturated heterocycles. The highest BCUT2D eigenvalue weighted by atomic mass is 35.5. The van der Waals surface area contributed by atoms with Crippen molar-refractivity contribution in [1.29, 1.82) is 0 Å². The summed E-state index contributed by atoms with van der Waals surface area (Å²) in [5, 5.41) is 15.9. The molecular weight excluding hydrogens is 527 g/mol. The van der Waals surface area contributed by atoms with E-state index in [-0.39, 0.29) is 18.6 Å². The number of carboxylic acid groups (broad SMARTS) is 1. The number of rotatable bonds is 8. The SMILES string of the molecule is COC(=O)C1=C(CN2CCO[C@@H](C)[C@@H]2CCC(=O)O)NC(c2nccs2)=NC1c1ccc(Cl)cc1Cl. The summed E-state index contributed by atoms with van der Waals surface area (Å²) in [6.45, 7) is 3.33. The van der Waals surface area contributed by atoms with Crippen molar-refractivity contribution in [2.45, 2.75) is 38.0 Å². The molecule has 1 aromatic carbocycles. The number of aromatic nitrogens is 1. The second-order valence-corrected chi connectivity index (χ2v) is 10.2. The molecule has 1 unspecified atom stereocenters. The van der Waals surface area contributed by atoms with Crippen LogP contribution in [0.1, 0.15) is 36.4 Å². The van der Waals surface area contributed by atoms with Gasteiger partial charge in [-0.1, -0.05) is 29.3 Å². The number of aliphatic carboxylic acids is 1. The molecule has 2 aliphatic heterocycles. The number of hydrogen-bond donors (Lipinski definition) is 2. The number of ether oxygens (including phenoxy) is 2. The second-order valence-electron chi connectivity index (χ2n) is 8.44. The number of nitrogens with zero attached hydrogens (tertiary/aromatic N) is 3. The van der Waals surface area contributed by atoms with E-state index in [0.717, 1.165) is 0 Å². The number of benzene rings is 1. The minimum absolute atomic E-state index is 0.0139. The van der Waals surface area contributed by atoms with E-state index in [4.69, 9.17) is 37.7 Å². The molecule has 0 spiro atoms. The van der Waals surface area contributed by atoms with Gasteiger partial charge in [-0.2, -0.15) is 0 Å². The molecule has 0 radical (unpaired) electrons. The molecule has 0 saturated carbocycles. The molecule has 3 heterocycles. The minimum Gasteiger partial charge on any atom is -0.481 e. The molecule has 12 heteroatoms. The van der Waals surface area contributed by atoms with Gasteiger partial charge in [-0.3, -0.25) is 14.7 Å². The number of hydrogen-bond acceptors (Lipinski definition) is 9. The average molecular weight is 553 g/mol. The van der Waals surface area contributed by atoms with Gasteiger partial charge >= 0.3 is 11.9 Å². The number of esters is 1. The number of aliphatic imine (C=N–C) groups is 1. The van der Waals surface area contributed by atoms with Gasteiger partial charge in [0.05, 0.1) is 25.4 Å². The third-order valence-corrected chi connectivity index (χ3v) is 7.55. The normalized spacial score (nSPS) is 22.7. The number of methoxy groups -OCH3 is 1. The van der Waals surface area contributed by atoms with Crippen LogP contribution in [-0.2, 0) is 19.1 Å². The van der Waals surface area contributed by atoms with Gasteiger partial charge in [0.2, 0.25) is 0 Å². The molecule has 2 N–H and O–H groups in total. The molecule has 192 valence electrons. The zero-order valence-electron chi connectivity index (χ0n) is 19.7. The Morgan fingerprint density at radius 2 is 2.17 bits per heavy atom. The third-order valence-electron chi connectivity index (χ3n) is 6.21. The fourth-order valence-electron chi connectivity index (χ4n) is 4.49. The average Bonchev–Trinajstić information content (AvgIpc) is 3.38. The second kappa shape index (κ2) is 11.7. The van der Waals surface area contributed by atoms with Crippen molar-refractivity contribution in [3.63, 3.8) is 0 Å². The topological polar surface area (TPSA) is 113 Å². The van der Waals surface area contributed by atoms with Crippen molar-refractivity contribution < 1.29 is 24.2 Å². The molecule has 36 heavy (non-hydrogen) atoms. The van der Waals surface area contributed by atoms with Crippen molar-refractivity contribution in [1.82, 2.24) is 15.2 Å². The Bertz CT molecular complexity index is 1190. The maximum Gasteiger partial charge on any atom is 0.338 e. The van der Waals surface area contributed by atoms with Crippen molar-refractivity contribution in [3.8, 4) is 0 Å². The largest absolute Gasteiger partial charge is 0.481 e. The zero-order valence-corrected chi connectivity index (χ0v) is 22.1. The smallest absolute Gasteiger partial charge is 0.338 e.